The second kappa shape index (κ2) is 8.86. The number of nitrogens with zero attached hydrogens (tertiary/aromatic N) is 4. The fourth-order valence-corrected chi connectivity index (χ4v) is 4.38. The number of amides is 1. The number of aromatic nitrogens is 3. The van der Waals surface area contributed by atoms with Crippen LogP contribution in [-0.4, -0.2) is 32.6 Å². The van der Waals surface area contributed by atoms with E-state index in [1.165, 1.54) is 5.56 Å². The van der Waals surface area contributed by atoms with Crippen molar-refractivity contribution in [2.45, 2.75) is 33.7 Å². The van der Waals surface area contributed by atoms with Crippen LogP contribution in [0.4, 0.5) is 0 Å². The van der Waals surface area contributed by atoms with Crippen LogP contribution in [-0.2, 0) is 17.8 Å². The molecule has 2 aromatic heterocycles. The zero-order valence-electron chi connectivity index (χ0n) is 18.3. The molecule has 0 spiro atoms. The summed E-state index contributed by atoms with van der Waals surface area (Å²) in [7, 11) is 1.84. The van der Waals surface area contributed by atoms with Gasteiger partial charge in [0, 0.05) is 35.8 Å². The van der Waals surface area contributed by atoms with Crippen molar-refractivity contribution in [3.8, 4) is 16.3 Å². The van der Waals surface area contributed by atoms with Crippen LogP contribution in [0.5, 0.6) is 0 Å². The molecule has 0 fully saturated rings. The van der Waals surface area contributed by atoms with Crippen LogP contribution < -0.4 is 0 Å². The molecule has 0 atom stereocenters. The van der Waals surface area contributed by atoms with Crippen molar-refractivity contribution >= 4 is 17.2 Å². The molecule has 2 aromatic carbocycles. The lowest BCUT2D eigenvalue weighted by molar-refractivity contribution is -0.129. The number of hydrogen-bond donors (Lipinski definition) is 0. The van der Waals surface area contributed by atoms with Crippen molar-refractivity contribution in [1.82, 2.24) is 19.7 Å². The number of thiazole rings is 1. The highest BCUT2D eigenvalue weighted by atomic mass is 32.1. The number of carbonyl (C=O) groups excluding carboxylic acids is 1. The van der Waals surface area contributed by atoms with E-state index in [-0.39, 0.29) is 5.91 Å². The average Bonchev–Trinajstić information content (AvgIpc) is 3.34. The van der Waals surface area contributed by atoms with Crippen molar-refractivity contribution in [3.05, 3.63) is 88.2 Å². The Kier molecular flexibility index (Phi) is 6.00. The lowest BCUT2D eigenvalue weighted by Gasteiger charge is -2.17. The minimum atomic E-state index is 0.0482. The number of likely N-dealkylation sites (N-methyl/N-ethyl adjacent to an activating group) is 1. The molecule has 4 rings (SSSR count). The Hall–Kier alpha value is -3.25. The van der Waals surface area contributed by atoms with Gasteiger partial charge >= 0.3 is 0 Å². The van der Waals surface area contributed by atoms with Crippen LogP contribution in [0.25, 0.3) is 16.3 Å². The summed E-state index contributed by atoms with van der Waals surface area (Å²) in [5, 5.41) is 7.61. The molecule has 0 saturated heterocycles. The van der Waals surface area contributed by atoms with Crippen molar-refractivity contribution in [2.24, 2.45) is 0 Å². The molecule has 4 aromatic rings. The van der Waals surface area contributed by atoms with Crippen LogP contribution in [0.1, 0.15) is 28.2 Å². The van der Waals surface area contributed by atoms with Gasteiger partial charge in [0.2, 0.25) is 5.91 Å². The number of benzene rings is 2. The number of rotatable bonds is 6. The first-order chi connectivity index (χ1) is 14.9. The lowest BCUT2D eigenvalue weighted by Crippen LogP contribution is -2.28. The molecular formula is C25H26N4OS. The number of hydrogen-bond acceptors (Lipinski definition) is 4. The molecule has 0 bridgehead atoms. The van der Waals surface area contributed by atoms with Gasteiger partial charge in [0.05, 0.1) is 23.5 Å². The molecule has 0 radical (unpaired) electrons. The second-order valence-corrected chi connectivity index (χ2v) is 8.69. The van der Waals surface area contributed by atoms with Crippen LogP contribution in [0, 0.1) is 20.8 Å². The highest BCUT2D eigenvalue weighted by Crippen LogP contribution is 2.25. The van der Waals surface area contributed by atoms with Crippen LogP contribution in [0.2, 0.25) is 0 Å². The smallest absolute Gasteiger partial charge is 0.228 e. The molecule has 0 aliphatic heterocycles. The van der Waals surface area contributed by atoms with Gasteiger partial charge < -0.3 is 4.90 Å². The van der Waals surface area contributed by atoms with Gasteiger partial charge in [-0.05, 0) is 32.9 Å². The molecule has 31 heavy (non-hydrogen) atoms. The van der Waals surface area contributed by atoms with E-state index in [1.54, 1.807) is 16.2 Å². The minimum Gasteiger partial charge on any atom is -0.341 e. The predicted octanol–water partition coefficient (Wildman–Crippen LogP) is 5.12. The minimum absolute atomic E-state index is 0.0482. The van der Waals surface area contributed by atoms with Gasteiger partial charge in [-0.2, -0.15) is 5.10 Å². The van der Waals surface area contributed by atoms with Gasteiger partial charge in [-0.15, -0.1) is 11.3 Å². The highest BCUT2D eigenvalue weighted by Gasteiger charge is 2.18. The Labute approximate surface area is 187 Å². The van der Waals surface area contributed by atoms with Crippen molar-refractivity contribution in [1.29, 1.82) is 0 Å². The number of para-hydroxylation sites is 1. The van der Waals surface area contributed by atoms with E-state index in [0.29, 0.717) is 13.0 Å². The first kappa shape index (κ1) is 21.0. The molecule has 158 valence electrons. The predicted molar refractivity (Wildman–Crippen MR) is 126 cm³/mol. The molecule has 0 saturated carbocycles. The molecule has 5 nitrogen and oxygen atoms in total. The molecule has 0 aliphatic rings. The van der Waals surface area contributed by atoms with Gasteiger partial charge in [0.25, 0.3) is 0 Å². The zero-order chi connectivity index (χ0) is 22.0. The largest absolute Gasteiger partial charge is 0.341 e. The monoisotopic (exact) mass is 430 g/mol. The van der Waals surface area contributed by atoms with Crippen molar-refractivity contribution in [2.75, 3.05) is 7.05 Å². The van der Waals surface area contributed by atoms with Gasteiger partial charge in [-0.3, -0.25) is 4.79 Å². The van der Waals surface area contributed by atoms with E-state index >= 15 is 0 Å². The van der Waals surface area contributed by atoms with Gasteiger partial charge in [0.1, 0.15) is 5.01 Å². The Bertz CT molecular complexity index is 1190. The standard InChI is InChI=1S/C25H26N4OS/c1-17-10-12-20(13-11-17)25-26-21(16-31-25)14-24(30)28(4)15-23-18(2)27-29(19(23)3)22-8-6-5-7-9-22/h5-13,16H,14-15H2,1-4H3. The highest BCUT2D eigenvalue weighted by molar-refractivity contribution is 7.13. The number of aryl methyl sites for hydroxylation is 2. The summed E-state index contributed by atoms with van der Waals surface area (Å²) in [4.78, 5) is 19.3. The molecule has 0 N–H and O–H groups in total. The molecule has 1 amide bonds. The van der Waals surface area contributed by atoms with E-state index in [1.807, 2.05) is 54.4 Å². The fourth-order valence-electron chi connectivity index (χ4n) is 3.56. The summed E-state index contributed by atoms with van der Waals surface area (Å²) in [6.45, 7) is 6.64. The summed E-state index contributed by atoms with van der Waals surface area (Å²) in [5.74, 6) is 0.0482. The Morgan fingerprint density at radius 3 is 2.45 bits per heavy atom. The van der Waals surface area contributed by atoms with E-state index in [2.05, 4.69) is 48.2 Å². The summed E-state index contributed by atoms with van der Waals surface area (Å²) in [5.41, 5.74) is 7.22. The fraction of sp³-hybridized carbons (Fsp3) is 0.240. The summed E-state index contributed by atoms with van der Waals surface area (Å²) < 4.78 is 1.94. The van der Waals surface area contributed by atoms with E-state index in [9.17, 15) is 4.79 Å². The number of carbonyl (C=O) groups is 1. The van der Waals surface area contributed by atoms with Gasteiger partial charge in [-0.1, -0.05) is 48.0 Å². The maximum atomic E-state index is 12.9. The normalized spacial score (nSPS) is 11.0. The third-order valence-electron chi connectivity index (χ3n) is 5.45. The Morgan fingerprint density at radius 2 is 1.74 bits per heavy atom. The molecule has 0 aliphatic carbocycles. The van der Waals surface area contributed by atoms with Gasteiger partial charge in [0.15, 0.2) is 0 Å². The molecule has 6 heteroatoms. The second-order valence-electron chi connectivity index (χ2n) is 7.83. The first-order valence-corrected chi connectivity index (χ1v) is 11.2. The maximum absolute atomic E-state index is 12.9. The van der Waals surface area contributed by atoms with Crippen LogP contribution in [0.15, 0.2) is 60.0 Å². The average molecular weight is 431 g/mol. The van der Waals surface area contributed by atoms with Gasteiger partial charge in [-0.25, -0.2) is 9.67 Å². The molecular weight excluding hydrogens is 404 g/mol. The zero-order valence-corrected chi connectivity index (χ0v) is 19.1. The summed E-state index contributed by atoms with van der Waals surface area (Å²) >= 11 is 1.58. The quantitative estimate of drug-likeness (QED) is 0.426. The Balaban J connectivity index is 1.45. The Morgan fingerprint density at radius 1 is 1.03 bits per heavy atom. The van der Waals surface area contributed by atoms with Crippen molar-refractivity contribution in [3.63, 3.8) is 0 Å². The summed E-state index contributed by atoms with van der Waals surface area (Å²) in [6.07, 6.45) is 0.295. The van der Waals surface area contributed by atoms with Crippen molar-refractivity contribution < 1.29 is 4.79 Å². The third-order valence-corrected chi connectivity index (χ3v) is 6.39. The van der Waals surface area contributed by atoms with Crippen LogP contribution in [0.3, 0.4) is 0 Å². The maximum Gasteiger partial charge on any atom is 0.228 e. The SMILES string of the molecule is Cc1ccc(-c2nc(CC(=O)N(C)Cc3c(C)nn(-c4ccccc4)c3C)cs2)cc1. The van der Waals surface area contributed by atoms with E-state index in [4.69, 9.17) is 0 Å². The lowest BCUT2D eigenvalue weighted by atomic mass is 10.1. The molecule has 2 heterocycles. The first-order valence-electron chi connectivity index (χ1n) is 10.3. The van der Waals surface area contributed by atoms with E-state index < -0.39 is 0 Å². The molecule has 0 unspecified atom stereocenters. The van der Waals surface area contributed by atoms with Crippen LogP contribution >= 0.6 is 11.3 Å². The summed E-state index contributed by atoms with van der Waals surface area (Å²) in [6, 6.07) is 18.4. The third kappa shape index (κ3) is 4.59. The topological polar surface area (TPSA) is 51.0 Å². The van der Waals surface area contributed by atoms with E-state index in [0.717, 1.165) is 38.9 Å².